The van der Waals surface area contributed by atoms with Crippen LogP contribution in [0.4, 0.5) is 0 Å². The van der Waals surface area contributed by atoms with Crippen molar-refractivity contribution in [3.63, 3.8) is 0 Å². The summed E-state index contributed by atoms with van der Waals surface area (Å²) < 4.78 is 25.6. The van der Waals surface area contributed by atoms with Crippen LogP contribution in [0.2, 0.25) is 0 Å². The van der Waals surface area contributed by atoms with Crippen LogP contribution in [0.25, 0.3) is 0 Å². The summed E-state index contributed by atoms with van der Waals surface area (Å²) in [7, 11) is -3.14. The molecule has 2 aliphatic heterocycles. The van der Waals surface area contributed by atoms with Gasteiger partial charge in [-0.25, -0.2) is 13.4 Å². The second-order valence-corrected chi connectivity index (χ2v) is 9.84. The molecule has 0 bridgehead atoms. The van der Waals surface area contributed by atoms with Crippen LogP contribution >= 0.6 is 11.3 Å². The maximum atomic E-state index is 12.0. The zero-order valence-electron chi connectivity index (χ0n) is 13.4. The van der Waals surface area contributed by atoms with E-state index in [0.717, 1.165) is 31.2 Å². The summed E-state index contributed by atoms with van der Waals surface area (Å²) in [6.07, 6.45) is 3.15. The van der Waals surface area contributed by atoms with Crippen LogP contribution in [0.15, 0.2) is 11.6 Å². The summed E-state index contributed by atoms with van der Waals surface area (Å²) in [6.45, 7) is 9.22. The second kappa shape index (κ2) is 5.83. The number of rotatable bonds is 3. The second-order valence-electron chi connectivity index (χ2n) is 6.88. The lowest BCUT2D eigenvalue weighted by atomic mass is 9.94. The molecule has 2 fully saturated rings. The average Bonchev–Trinajstić information content (AvgIpc) is 2.89. The molecule has 3 rings (SSSR count). The molecule has 0 aliphatic carbocycles. The van der Waals surface area contributed by atoms with Crippen molar-refractivity contribution < 1.29 is 8.42 Å². The quantitative estimate of drug-likeness (QED) is 0.807. The highest BCUT2D eigenvalue weighted by molar-refractivity contribution is 7.88. The number of hydrogen-bond donors (Lipinski definition) is 0. The average molecular weight is 345 g/mol. The van der Waals surface area contributed by atoms with E-state index in [1.165, 1.54) is 6.26 Å². The number of aromatic nitrogens is 1. The topological polar surface area (TPSA) is 56.8 Å². The first kappa shape index (κ1) is 16.3. The standard InChI is InChI=1S/C14H24N4O2S2/c1-14(2)11-17(22(3,19)20)9-12-8-16(5-6-18(12)14)10-13-15-4-7-21-13/h4,7,12H,5-6,8-11H2,1-3H3/t12-/m0/s1. The van der Waals surface area contributed by atoms with Gasteiger partial charge in [-0.15, -0.1) is 11.3 Å². The third-order valence-corrected chi connectivity index (χ3v) is 6.61. The SMILES string of the molecule is CC1(C)CN(S(C)(=O)=O)C[C@@H]2CN(Cc3nccs3)CCN21. The highest BCUT2D eigenvalue weighted by Gasteiger charge is 2.44. The summed E-state index contributed by atoms with van der Waals surface area (Å²) in [4.78, 5) is 9.22. The lowest BCUT2D eigenvalue weighted by Crippen LogP contribution is -2.70. The highest BCUT2D eigenvalue weighted by atomic mass is 32.2. The molecule has 1 atom stereocenters. The minimum absolute atomic E-state index is 0.112. The normalized spacial score (nSPS) is 27.7. The van der Waals surface area contributed by atoms with Crippen LogP contribution in [0.1, 0.15) is 18.9 Å². The Morgan fingerprint density at radius 3 is 2.77 bits per heavy atom. The van der Waals surface area contributed by atoms with Gasteiger partial charge in [-0.1, -0.05) is 0 Å². The summed E-state index contributed by atoms with van der Waals surface area (Å²) >= 11 is 1.68. The van der Waals surface area contributed by atoms with Gasteiger partial charge in [0.15, 0.2) is 0 Å². The fourth-order valence-corrected chi connectivity index (χ4v) is 5.26. The Morgan fingerprint density at radius 1 is 1.36 bits per heavy atom. The van der Waals surface area contributed by atoms with Crippen molar-refractivity contribution in [2.75, 3.05) is 39.0 Å². The number of hydrogen-bond acceptors (Lipinski definition) is 6. The monoisotopic (exact) mass is 344 g/mol. The van der Waals surface area contributed by atoms with Gasteiger partial charge in [0, 0.05) is 55.9 Å². The Balaban J connectivity index is 1.73. The molecule has 2 saturated heterocycles. The van der Waals surface area contributed by atoms with Crippen LogP contribution in [-0.2, 0) is 16.6 Å². The molecule has 2 aliphatic rings. The molecule has 0 amide bonds. The molecule has 0 N–H and O–H groups in total. The van der Waals surface area contributed by atoms with Crippen molar-refractivity contribution in [1.82, 2.24) is 19.1 Å². The van der Waals surface area contributed by atoms with E-state index in [0.29, 0.717) is 13.1 Å². The molecule has 0 saturated carbocycles. The summed E-state index contributed by atoms with van der Waals surface area (Å²) in [5.41, 5.74) is -0.112. The number of fused-ring (bicyclic) bond motifs is 1. The fraction of sp³-hybridized carbons (Fsp3) is 0.786. The molecule has 1 aromatic heterocycles. The van der Waals surface area contributed by atoms with E-state index in [-0.39, 0.29) is 11.6 Å². The smallest absolute Gasteiger partial charge is 0.211 e. The third kappa shape index (κ3) is 3.35. The Kier molecular flexibility index (Phi) is 4.32. The van der Waals surface area contributed by atoms with Crippen molar-refractivity contribution >= 4 is 21.4 Å². The van der Waals surface area contributed by atoms with Crippen LogP contribution in [-0.4, -0.2) is 78.1 Å². The largest absolute Gasteiger partial charge is 0.294 e. The van der Waals surface area contributed by atoms with E-state index in [9.17, 15) is 8.42 Å². The molecule has 0 radical (unpaired) electrons. The van der Waals surface area contributed by atoms with Gasteiger partial charge in [0.25, 0.3) is 0 Å². The van der Waals surface area contributed by atoms with Crippen molar-refractivity contribution in [2.45, 2.75) is 32.0 Å². The van der Waals surface area contributed by atoms with Gasteiger partial charge in [0.2, 0.25) is 10.0 Å². The first-order valence-corrected chi connectivity index (χ1v) is 10.3. The number of sulfonamides is 1. The number of piperazine rings is 2. The van der Waals surface area contributed by atoms with E-state index in [1.807, 2.05) is 11.6 Å². The first-order valence-electron chi connectivity index (χ1n) is 7.58. The zero-order chi connectivity index (χ0) is 16.0. The Morgan fingerprint density at radius 2 is 2.14 bits per heavy atom. The predicted octanol–water partition coefficient (Wildman–Crippen LogP) is 0.683. The Labute approximate surface area is 136 Å². The number of nitrogens with zero attached hydrogens (tertiary/aromatic N) is 4. The van der Waals surface area contributed by atoms with Crippen LogP contribution in [0, 0.1) is 0 Å². The lowest BCUT2D eigenvalue weighted by molar-refractivity contribution is -0.0448. The molecule has 0 aromatic carbocycles. The van der Waals surface area contributed by atoms with Crippen LogP contribution < -0.4 is 0 Å². The predicted molar refractivity (Wildman–Crippen MR) is 88.4 cm³/mol. The van der Waals surface area contributed by atoms with Crippen molar-refractivity contribution in [3.05, 3.63) is 16.6 Å². The van der Waals surface area contributed by atoms with Gasteiger partial charge in [0.1, 0.15) is 5.01 Å². The molecule has 124 valence electrons. The molecule has 3 heterocycles. The maximum absolute atomic E-state index is 12.0. The lowest BCUT2D eigenvalue weighted by Gasteiger charge is -2.54. The van der Waals surface area contributed by atoms with Crippen molar-refractivity contribution in [2.24, 2.45) is 0 Å². The molecule has 8 heteroatoms. The fourth-order valence-electron chi connectivity index (χ4n) is 3.61. The van der Waals surface area contributed by atoms with E-state index >= 15 is 0 Å². The zero-order valence-corrected chi connectivity index (χ0v) is 15.0. The third-order valence-electron chi connectivity index (χ3n) is 4.63. The highest BCUT2D eigenvalue weighted by Crippen LogP contribution is 2.29. The maximum Gasteiger partial charge on any atom is 0.211 e. The first-order chi connectivity index (χ1) is 10.3. The molecular weight excluding hydrogens is 320 g/mol. The van der Waals surface area contributed by atoms with E-state index in [1.54, 1.807) is 15.6 Å². The van der Waals surface area contributed by atoms with Gasteiger partial charge in [-0.3, -0.25) is 9.80 Å². The van der Waals surface area contributed by atoms with E-state index < -0.39 is 10.0 Å². The van der Waals surface area contributed by atoms with Crippen LogP contribution in [0.5, 0.6) is 0 Å². The van der Waals surface area contributed by atoms with Gasteiger partial charge in [-0.2, -0.15) is 4.31 Å². The van der Waals surface area contributed by atoms with Gasteiger partial charge < -0.3 is 0 Å². The molecule has 0 spiro atoms. The van der Waals surface area contributed by atoms with Gasteiger partial charge >= 0.3 is 0 Å². The number of thiazole rings is 1. The minimum atomic E-state index is -3.14. The Hall–Kier alpha value is -0.540. The van der Waals surface area contributed by atoms with Gasteiger partial charge in [-0.05, 0) is 13.8 Å². The summed E-state index contributed by atoms with van der Waals surface area (Å²) in [5.74, 6) is 0. The van der Waals surface area contributed by atoms with Gasteiger partial charge in [0.05, 0.1) is 12.8 Å². The molecule has 0 unspecified atom stereocenters. The molecule has 22 heavy (non-hydrogen) atoms. The van der Waals surface area contributed by atoms with E-state index in [4.69, 9.17) is 0 Å². The molecule has 1 aromatic rings. The molecule has 6 nitrogen and oxygen atoms in total. The van der Waals surface area contributed by atoms with Crippen LogP contribution in [0.3, 0.4) is 0 Å². The summed E-state index contributed by atoms with van der Waals surface area (Å²) in [5, 5.41) is 3.13. The van der Waals surface area contributed by atoms with Crippen molar-refractivity contribution in [1.29, 1.82) is 0 Å². The summed E-state index contributed by atoms with van der Waals surface area (Å²) in [6, 6.07) is 0.257. The van der Waals surface area contributed by atoms with E-state index in [2.05, 4.69) is 28.6 Å². The minimum Gasteiger partial charge on any atom is -0.294 e. The Bertz CT molecular complexity index is 615. The van der Waals surface area contributed by atoms with Crippen molar-refractivity contribution in [3.8, 4) is 0 Å². The molecular formula is C14H24N4O2S2.